The van der Waals surface area contributed by atoms with Gasteiger partial charge in [0.2, 0.25) is 10.0 Å². The van der Waals surface area contributed by atoms with Crippen molar-refractivity contribution in [1.29, 1.82) is 0 Å². The van der Waals surface area contributed by atoms with E-state index in [9.17, 15) is 13.5 Å². The molecule has 7 nitrogen and oxygen atoms in total. The highest BCUT2D eigenvalue weighted by Gasteiger charge is 2.28. The third kappa shape index (κ3) is 5.51. The predicted octanol–water partition coefficient (Wildman–Crippen LogP) is 3.92. The smallest absolute Gasteiger partial charge is 0.244 e. The minimum absolute atomic E-state index is 0.0979. The average Bonchev–Trinajstić information content (AvgIpc) is 2.99. The van der Waals surface area contributed by atoms with Gasteiger partial charge < -0.3 is 15.2 Å². The van der Waals surface area contributed by atoms with E-state index in [1.54, 1.807) is 12.1 Å². The Morgan fingerprint density at radius 1 is 1.27 bits per heavy atom. The van der Waals surface area contributed by atoms with Gasteiger partial charge in [-0.3, -0.25) is 0 Å². The average molecular weight is 454 g/mol. The number of rotatable bonds is 6. The minimum Gasteiger partial charge on any atom is -0.495 e. The molecule has 9 heteroatoms. The quantitative estimate of drug-likeness (QED) is 0.613. The van der Waals surface area contributed by atoms with Gasteiger partial charge in [0.05, 0.1) is 23.8 Å². The molecular weight excluding hydrogens is 422 g/mol. The van der Waals surface area contributed by atoms with Crippen LogP contribution >= 0.6 is 11.3 Å². The molecule has 2 aromatic rings. The van der Waals surface area contributed by atoms with Crippen LogP contribution in [0, 0.1) is 6.92 Å². The number of aliphatic hydroxyl groups excluding tert-OH is 1. The molecule has 1 aliphatic carbocycles. The van der Waals surface area contributed by atoms with Crippen LogP contribution in [0.3, 0.4) is 0 Å². The molecule has 1 aromatic heterocycles. The molecule has 0 saturated heterocycles. The zero-order chi connectivity index (χ0) is 22.1. The standard InChI is InChI=1S/C21H31N3O4S2/c1-13-19(29-20(22-13)23-21(2,3)4)14-9-10-17(28-5)18(11-14)30(26,27)24-15-7-6-8-16(25)12-15/h9-11,15-16,24-25H,6-8,12H2,1-5H3,(H,22,23). The summed E-state index contributed by atoms with van der Waals surface area (Å²) in [5.74, 6) is 0.290. The second kappa shape index (κ2) is 8.82. The Morgan fingerprint density at radius 3 is 2.63 bits per heavy atom. The molecule has 1 aromatic carbocycles. The van der Waals surface area contributed by atoms with E-state index in [-0.39, 0.29) is 22.2 Å². The van der Waals surface area contributed by atoms with Crippen LogP contribution in [0.1, 0.15) is 52.1 Å². The Morgan fingerprint density at radius 2 is 2.00 bits per heavy atom. The summed E-state index contributed by atoms with van der Waals surface area (Å²) in [6.45, 7) is 8.11. The van der Waals surface area contributed by atoms with Crippen LogP contribution in [0.4, 0.5) is 5.13 Å². The lowest BCUT2D eigenvalue weighted by molar-refractivity contribution is 0.117. The van der Waals surface area contributed by atoms with Crippen molar-refractivity contribution in [3.8, 4) is 16.2 Å². The maximum absolute atomic E-state index is 13.2. The van der Waals surface area contributed by atoms with Crippen LogP contribution in [-0.4, -0.2) is 43.3 Å². The van der Waals surface area contributed by atoms with Crippen LogP contribution in [0.2, 0.25) is 0 Å². The molecule has 0 radical (unpaired) electrons. The van der Waals surface area contributed by atoms with Gasteiger partial charge in [0.15, 0.2) is 5.13 Å². The lowest BCUT2D eigenvalue weighted by Crippen LogP contribution is -2.39. The van der Waals surface area contributed by atoms with Gasteiger partial charge in [-0.25, -0.2) is 18.1 Å². The van der Waals surface area contributed by atoms with Crippen molar-refractivity contribution in [1.82, 2.24) is 9.71 Å². The van der Waals surface area contributed by atoms with Crippen LogP contribution in [-0.2, 0) is 10.0 Å². The van der Waals surface area contributed by atoms with Crippen molar-refractivity contribution in [2.75, 3.05) is 12.4 Å². The molecule has 30 heavy (non-hydrogen) atoms. The van der Waals surface area contributed by atoms with Crippen LogP contribution < -0.4 is 14.8 Å². The maximum atomic E-state index is 13.2. The minimum atomic E-state index is -3.81. The zero-order valence-corrected chi connectivity index (χ0v) is 19.8. The van der Waals surface area contributed by atoms with Crippen molar-refractivity contribution in [2.45, 2.75) is 76.0 Å². The summed E-state index contributed by atoms with van der Waals surface area (Å²) in [7, 11) is -2.35. The fourth-order valence-corrected chi connectivity index (χ4v) is 6.27. The highest BCUT2D eigenvalue weighted by atomic mass is 32.2. The van der Waals surface area contributed by atoms with Crippen LogP contribution in [0.15, 0.2) is 23.1 Å². The summed E-state index contributed by atoms with van der Waals surface area (Å²) in [6, 6.07) is 4.89. The van der Waals surface area contributed by atoms with E-state index in [1.807, 2.05) is 13.0 Å². The Bertz CT molecular complexity index is 996. The molecule has 2 atom stereocenters. The van der Waals surface area contributed by atoms with E-state index in [0.717, 1.165) is 27.7 Å². The fraction of sp³-hybridized carbons (Fsp3) is 0.571. The van der Waals surface area contributed by atoms with Gasteiger partial charge in [-0.15, -0.1) is 0 Å². The zero-order valence-electron chi connectivity index (χ0n) is 18.2. The van der Waals surface area contributed by atoms with Crippen molar-refractivity contribution in [2.24, 2.45) is 0 Å². The normalized spacial score (nSPS) is 20.2. The molecule has 0 bridgehead atoms. The van der Waals surface area contributed by atoms with E-state index in [2.05, 4.69) is 35.8 Å². The SMILES string of the molecule is COc1ccc(-c2sc(NC(C)(C)C)nc2C)cc1S(=O)(=O)NC1CCCC(O)C1. The van der Waals surface area contributed by atoms with Gasteiger partial charge in [0, 0.05) is 11.6 Å². The third-order valence-corrected chi connectivity index (χ3v) is 7.63. The molecule has 166 valence electrons. The molecule has 0 amide bonds. The summed E-state index contributed by atoms with van der Waals surface area (Å²) in [6.07, 6.45) is 2.20. The molecule has 2 unspecified atom stereocenters. The van der Waals surface area contributed by atoms with E-state index >= 15 is 0 Å². The number of aromatic nitrogens is 1. The highest BCUT2D eigenvalue weighted by Crippen LogP contribution is 2.37. The summed E-state index contributed by atoms with van der Waals surface area (Å²) < 4.78 is 34.4. The third-order valence-electron chi connectivity index (χ3n) is 4.96. The van der Waals surface area contributed by atoms with Crippen molar-refractivity contribution >= 4 is 26.5 Å². The number of methoxy groups -OCH3 is 1. The topological polar surface area (TPSA) is 101 Å². The molecule has 1 saturated carbocycles. The molecule has 0 aliphatic heterocycles. The molecule has 0 spiro atoms. The molecular formula is C21H31N3O4S2. The van der Waals surface area contributed by atoms with Gasteiger partial charge >= 0.3 is 0 Å². The van der Waals surface area contributed by atoms with Crippen molar-refractivity contribution < 1.29 is 18.3 Å². The van der Waals surface area contributed by atoms with Gasteiger partial charge in [-0.2, -0.15) is 0 Å². The predicted molar refractivity (Wildman–Crippen MR) is 121 cm³/mol. The fourth-order valence-electron chi connectivity index (χ4n) is 3.62. The summed E-state index contributed by atoms with van der Waals surface area (Å²) in [5, 5.41) is 14.0. The number of hydrogen-bond acceptors (Lipinski definition) is 7. The highest BCUT2D eigenvalue weighted by molar-refractivity contribution is 7.89. The maximum Gasteiger partial charge on any atom is 0.244 e. The van der Waals surface area contributed by atoms with Gasteiger partial charge in [-0.1, -0.05) is 11.3 Å². The lowest BCUT2D eigenvalue weighted by Gasteiger charge is -2.26. The van der Waals surface area contributed by atoms with Gasteiger partial charge in [-0.05, 0) is 77.1 Å². The second-order valence-corrected chi connectivity index (χ2v) is 11.5. The monoisotopic (exact) mass is 453 g/mol. The molecule has 3 N–H and O–H groups in total. The Labute approximate surface area is 182 Å². The number of aryl methyl sites for hydroxylation is 1. The van der Waals surface area contributed by atoms with Gasteiger partial charge in [0.25, 0.3) is 0 Å². The molecule has 1 aliphatic rings. The number of hydrogen-bond donors (Lipinski definition) is 3. The Balaban J connectivity index is 1.94. The van der Waals surface area contributed by atoms with E-state index in [4.69, 9.17) is 4.74 Å². The second-order valence-electron chi connectivity index (χ2n) is 8.81. The number of aliphatic hydroxyl groups is 1. The number of nitrogens with zero attached hydrogens (tertiary/aromatic N) is 1. The first-order valence-corrected chi connectivity index (χ1v) is 12.4. The first-order chi connectivity index (χ1) is 14.0. The number of anilines is 1. The Hall–Kier alpha value is -1.68. The summed E-state index contributed by atoms with van der Waals surface area (Å²) >= 11 is 1.50. The lowest BCUT2D eigenvalue weighted by atomic mass is 9.94. The molecule has 3 rings (SSSR count). The van der Waals surface area contributed by atoms with E-state index in [0.29, 0.717) is 19.3 Å². The first-order valence-electron chi connectivity index (χ1n) is 10.1. The van der Waals surface area contributed by atoms with Crippen LogP contribution in [0.25, 0.3) is 10.4 Å². The summed E-state index contributed by atoms with van der Waals surface area (Å²) in [4.78, 5) is 5.60. The number of ether oxygens (including phenoxy) is 1. The van der Waals surface area contributed by atoms with Crippen molar-refractivity contribution in [3.63, 3.8) is 0 Å². The Kier molecular flexibility index (Phi) is 6.76. The van der Waals surface area contributed by atoms with Gasteiger partial charge in [0.1, 0.15) is 10.6 Å². The van der Waals surface area contributed by atoms with E-state index < -0.39 is 16.1 Å². The molecule has 1 fully saturated rings. The first kappa shape index (κ1) is 23.0. The summed E-state index contributed by atoms with van der Waals surface area (Å²) in [5.41, 5.74) is 1.49. The van der Waals surface area contributed by atoms with Crippen LogP contribution in [0.5, 0.6) is 5.75 Å². The number of thiazole rings is 1. The number of nitrogens with one attached hydrogen (secondary N) is 2. The number of sulfonamides is 1. The molecule has 1 heterocycles. The largest absolute Gasteiger partial charge is 0.495 e. The number of benzene rings is 1. The van der Waals surface area contributed by atoms with E-state index in [1.165, 1.54) is 18.4 Å². The van der Waals surface area contributed by atoms with Crippen molar-refractivity contribution in [3.05, 3.63) is 23.9 Å².